The third-order valence-electron chi connectivity index (χ3n) is 3.83. The van der Waals surface area contributed by atoms with Gasteiger partial charge in [-0.25, -0.2) is 4.39 Å². The molecule has 7 heteroatoms. The Balaban J connectivity index is 1.85. The van der Waals surface area contributed by atoms with E-state index in [1.807, 2.05) is 0 Å². The Kier molecular flexibility index (Phi) is 7.16. The Hall–Kier alpha value is -3.09. The number of carbonyl (C=O) groups excluding carboxylic acids is 2. The van der Waals surface area contributed by atoms with Gasteiger partial charge in [0.05, 0.1) is 20.6 Å². The van der Waals surface area contributed by atoms with Crippen LogP contribution in [-0.2, 0) is 27.3 Å². The minimum atomic E-state index is -0.966. The molecule has 2 aromatic rings. The summed E-state index contributed by atoms with van der Waals surface area (Å²) >= 11 is 0. The molecule has 0 spiro atoms. The minimum absolute atomic E-state index is 0.106. The first-order valence-electron chi connectivity index (χ1n) is 8.35. The zero-order valence-corrected chi connectivity index (χ0v) is 15.5. The molecule has 0 saturated heterocycles. The van der Waals surface area contributed by atoms with Crippen LogP contribution in [0.5, 0.6) is 11.5 Å². The van der Waals surface area contributed by atoms with Gasteiger partial charge in [-0.1, -0.05) is 18.2 Å². The zero-order valence-electron chi connectivity index (χ0n) is 15.5. The Bertz CT molecular complexity index is 809. The van der Waals surface area contributed by atoms with Gasteiger partial charge in [0, 0.05) is 6.54 Å². The van der Waals surface area contributed by atoms with E-state index in [-0.39, 0.29) is 13.0 Å². The third-order valence-corrected chi connectivity index (χ3v) is 3.83. The lowest BCUT2D eigenvalue weighted by Crippen LogP contribution is -2.35. The van der Waals surface area contributed by atoms with Crippen LogP contribution in [0.25, 0.3) is 0 Å². The van der Waals surface area contributed by atoms with E-state index in [4.69, 9.17) is 14.2 Å². The molecule has 0 fully saturated rings. The highest BCUT2D eigenvalue weighted by Crippen LogP contribution is 2.27. The van der Waals surface area contributed by atoms with Crippen molar-refractivity contribution in [1.29, 1.82) is 0 Å². The van der Waals surface area contributed by atoms with Gasteiger partial charge in [0.1, 0.15) is 5.82 Å². The summed E-state index contributed by atoms with van der Waals surface area (Å²) in [5, 5.41) is 2.69. The van der Waals surface area contributed by atoms with Gasteiger partial charge in [-0.2, -0.15) is 0 Å². The molecule has 27 heavy (non-hydrogen) atoms. The van der Waals surface area contributed by atoms with Gasteiger partial charge in [-0.15, -0.1) is 0 Å². The van der Waals surface area contributed by atoms with E-state index < -0.39 is 23.8 Å². The Labute approximate surface area is 157 Å². The van der Waals surface area contributed by atoms with Crippen LogP contribution < -0.4 is 14.8 Å². The highest BCUT2D eigenvalue weighted by molar-refractivity contribution is 5.83. The summed E-state index contributed by atoms with van der Waals surface area (Å²) in [7, 11) is 3.07. The van der Waals surface area contributed by atoms with Crippen LogP contribution in [0.3, 0.4) is 0 Å². The highest BCUT2D eigenvalue weighted by Gasteiger charge is 2.18. The van der Waals surface area contributed by atoms with E-state index in [1.54, 1.807) is 31.4 Å². The summed E-state index contributed by atoms with van der Waals surface area (Å²) in [5.74, 6) is -0.321. The summed E-state index contributed by atoms with van der Waals surface area (Å²) in [6.07, 6.45) is -1.07. The molecule has 1 atom stereocenters. The molecule has 0 aliphatic carbocycles. The van der Waals surface area contributed by atoms with Crippen molar-refractivity contribution in [3.63, 3.8) is 0 Å². The van der Waals surface area contributed by atoms with Crippen LogP contribution in [0, 0.1) is 5.82 Å². The number of nitrogens with one attached hydrogen (secondary N) is 1. The number of amides is 1. The smallest absolute Gasteiger partial charge is 0.311 e. The lowest BCUT2D eigenvalue weighted by atomic mass is 10.1. The maximum atomic E-state index is 13.1. The molecule has 0 aliphatic heterocycles. The first kappa shape index (κ1) is 20.2. The number of benzene rings is 2. The van der Waals surface area contributed by atoms with E-state index in [9.17, 15) is 14.0 Å². The molecule has 144 valence electrons. The van der Waals surface area contributed by atoms with Crippen LogP contribution in [0.1, 0.15) is 18.1 Å². The molecule has 1 amide bonds. The maximum absolute atomic E-state index is 13.1. The van der Waals surface area contributed by atoms with Crippen molar-refractivity contribution in [2.24, 2.45) is 0 Å². The zero-order chi connectivity index (χ0) is 19.8. The molecule has 2 aromatic carbocycles. The predicted octanol–water partition coefficient (Wildman–Crippen LogP) is 2.63. The maximum Gasteiger partial charge on any atom is 0.311 e. The number of ether oxygens (including phenoxy) is 3. The molecule has 6 nitrogen and oxygen atoms in total. The highest BCUT2D eigenvalue weighted by atomic mass is 19.1. The van der Waals surface area contributed by atoms with Crippen LogP contribution in [0.4, 0.5) is 4.39 Å². The van der Waals surface area contributed by atoms with Crippen molar-refractivity contribution < 1.29 is 28.2 Å². The lowest BCUT2D eigenvalue weighted by molar-refractivity contribution is -0.154. The molecule has 0 aromatic heterocycles. The summed E-state index contributed by atoms with van der Waals surface area (Å²) < 4.78 is 28.6. The standard InChI is InChI=1S/C20H22FNO5/c1-13(27-19(23)11-14-5-4-6-16(21)9-14)20(24)22-12-15-7-8-17(25-2)18(10-15)26-3/h4-10,13H,11-12H2,1-3H3,(H,22,24)/t13-/m1/s1. The molecule has 0 unspecified atom stereocenters. The lowest BCUT2D eigenvalue weighted by Gasteiger charge is -2.14. The van der Waals surface area contributed by atoms with E-state index in [0.717, 1.165) is 5.56 Å². The third kappa shape index (κ3) is 5.99. The fourth-order valence-corrected chi connectivity index (χ4v) is 2.43. The van der Waals surface area contributed by atoms with Gasteiger partial charge in [-0.05, 0) is 42.3 Å². The quantitative estimate of drug-likeness (QED) is 0.718. The largest absolute Gasteiger partial charge is 0.493 e. The van der Waals surface area contributed by atoms with Gasteiger partial charge in [0.2, 0.25) is 0 Å². The number of esters is 1. The second-order valence-electron chi connectivity index (χ2n) is 5.85. The van der Waals surface area contributed by atoms with Crippen molar-refractivity contribution in [3.8, 4) is 11.5 Å². The second-order valence-corrected chi connectivity index (χ2v) is 5.85. The number of hydrogen-bond donors (Lipinski definition) is 1. The molecular weight excluding hydrogens is 353 g/mol. The van der Waals surface area contributed by atoms with Crippen LogP contribution in [-0.4, -0.2) is 32.2 Å². The van der Waals surface area contributed by atoms with Crippen molar-refractivity contribution in [1.82, 2.24) is 5.32 Å². The predicted molar refractivity (Wildman–Crippen MR) is 97.1 cm³/mol. The molecule has 1 N–H and O–H groups in total. The normalized spacial score (nSPS) is 11.4. The molecule has 0 bridgehead atoms. The van der Waals surface area contributed by atoms with Crippen molar-refractivity contribution in [2.75, 3.05) is 14.2 Å². The SMILES string of the molecule is COc1ccc(CNC(=O)[C@@H](C)OC(=O)Cc2cccc(F)c2)cc1OC. The van der Waals surface area contributed by atoms with E-state index in [0.29, 0.717) is 17.1 Å². The average molecular weight is 375 g/mol. The van der Waals surface area contributed by atoms with E-state index in [2.05, 4.69) is 5.32 Å². The number of methoxy groups -OCH3 is 2. The first-order valence-corrected chi connectivity index (χ1v) is 8.35. The molecule has 2 rings (SSSR count). The van der Waals surface area contributed by atoms with E-state index in [1.165, 1.54) is 32.2 Å². The fraction of sp³-hybridized carbons (Fsp3) is 0.300. The van der Waals surface area contributed by atoms with Crippen molar-refractivity contribution >= 4 is 11.9 Å². The number of hydrogen-bond acceptors (Lipinski definition) is 5. The van der Waals surface area contributed by atoms with Gasteiger partial charge in [0.15, 0.2) is 17.6 Å². The fourth-order valence-electron chi connectivity index (χ4n) is 2.43. The van der Waals surface area contributed by atoms with Crippen molar-refractivity contribution in [3.05, 3.63) is 59.4 Å². The second kappa shape index (κ2) is 9.56. The Morgan fingerprint density at radius 1 is 1.04 bits per heavy atom. The number of carbonyl (C=O) groups is 2. The summed E-state index contributed by atoms with van der Waals surface area (Å²) in [6.45, 7) is 1.72. The van der Waals surface area contributed by atoms with Crippen LogP contribution in [0.15, 0.2) is 42.5 Å². The van der Waals surface area contributed by atoms with Gasteiger partial charge in [-0.3, -0.25) is 9.59 Å². The molecule has 0 radical (unpaired) electrons. The Morgan fingerprint density at radius 2 is 1.78 bits per heavy atom. The van der Waals surface area contributed by atoms with Crippen LogP contribution in [0.2, 0.25) is 0 Å². The van der Waals surface area contributed by atoms with Crippen molar-refractivity contribution in [2.45, 2.75) is 26.0 Å². The van der Waals surface area contributed by atoms with Crippen LogP contribution >= 0.6 is 0 Å². The topological polar surface area (TPSA) is 73.9 Å². The molecule has 0 saturated carbocycles. The summed E-state index contributed by atoms with van der Waals surface area (Å²) in [5.41, 5.74) is 1.29. The first-order chi connectivity index (χ1) is 12.9. The monoisotopic (exact) mass is 375 g/mol. The average Bonchev–Trinajstić information content (AvgIpc) is 2.65. The summed E-state index contributed by atoms with van der Waals surface area (Å²) in [6, 6.07) is 11.0. The Morgan fingerprint density at radius 3 is 2.44 bits per heavy atom. The summed E-state index contributed by atoms with van der Waals surface area (Å²) in [4.78, 5) is 24.0. The molecular formula is C20H22FNO5. The van der Waals surface area contributed by atoms with E-state index >= 15 is 0 Å². The molecule has 0 aliphatic rings. The number of halogens is 1. The number of rotatable bonds is 8. The van der Waals surface area contributed by atoms with Gasteiger partial charge < -0.3 is 19.5 Å². The molecule has 0 heterocycles. The van der Waals surface area contributed by atoms with Gasteiger partial charge >= 0.3 is 5.97 Å². The van der Waals surface area contributed by atoms with Gasteiger partial charge in [0.25, 0.3) is 5.91 Å². The minimum Gasteiger partial charge on any atom is -0.493 e.